The van der Waals surface area contributed by atoms with Gasteiger partial charge in [0, 0.05) is 12.2 Å². The van der Waals surface area contributed by atoms with Crippen molar-refractivity contribution in [3.63, 3.8) is 0 Å². The molecule has 1 fully saturated rings. The van der Waals surface area contributed by atoms with Crippen molar-refractivity contribution in [1.29, 1.82) is 0 Å². The van der Waals surface area contributed by atoms with Crippen molar-refractivity contribution < 1.29 is 14.0 Å². The molecule has 2 aromatic rings. The van der Waals surface area contributed by atoms with Gasteiger partial charge in [-0.3, -0.25) is 14.5 Å². The average Bonchev–Trinajstić information content (AvgIpc) is 3.29. The largest absolute Gasteiger partial charge is 0.346 e. The van der Waals surface area contributed by atoms with E-state index in [1.807, 2.05) is 11.4 Å². The molecule has 1 aromatic carbocycles. The lowest BCUT2D eigenvalue weighted by Gasteiger charge is -2.27. The number of nitrogens with one attached hydrogen (secondary N) is 2. The van der Waals surface area contributed by atoms with E-state index in [-0.39, 0.29) is 11.7 Å². The molecule has 5 nitrogen and oxygen atoms in total. The first kappa shape index (κ1) is 17.6. The van der Waals surface area contributed by atoms with Crippen molar-refractivity contribution in [2.75, 3.05) is 25.0 Å². The van der Waals surface area contributed by atoms with Crippen molar-refractivity contribution in [3.8, 4) is 0 Å². The van der Waals surface area contributed by atoms with Crippen LogP contribution < -0.4 is 10.6 Å². The van der Waals surface area contributed by atoms with Gasteiger partial charge in [-0.2, -0.15) is 11.3 Å². The molecule has 0 spiro atoms. The van der Waals surface area contributed by atoms with Gasteiger partial charge in [-0.25, -0.2) is 4.39 Å². The van der Waals surface area contributed by atoms with Crippen molar-refractivity contribution in [1.82, 2.24) is 10.2 Å². The van der Waals surface area contributed by atoms with E-state index in [0.717, 1.165) is 31.5 Å². The standard InChI is InChI=1S/C18H20FN3O2S/c19-14-4-3-5-15(10-14)21-18(24)17(23)20-11-16(13-6-9-25-12-13)22-7-1-2-8-22/h3-6,9-10,12,16H,1-2,7-8,11H2,(H,20,23)(H,21,24)/t16-/m1/s1. The van der Waals surface area contributed by atoms with E-state index in [1.54, 1.807) is 11.3 Å². The van der Waals surface area contributed by atoms with Crippen LogP contribution >= 0.6 is 11.3 Å². The summed E-state index contributed by atoms with van der Waals surface area (Å²) >= 11 is 1.62. The van der Waals surface area contributed by atoms with Crippen LogP contribution in [0.15, 0.2) is 41.1 Å². The summed E-state index contributed by atoms with van der Waals surface area (Å²) in [6, 6.07) is 7.57. The highest BCUT2D eigenvalue weighted by atomic mass is 32.1. The molecule has 1 saturated heterocycles. The maximum Gasteiger partial charge on any atom is 0.313 e. The van der Waals surface area contributed by atoms with Gasteiger partial charge in [0.2, 0.25) is 0 Å². The third-order valence-corrected chi connectivity index (χ3v) is 4.96. The number of halogens is 1. The zero-order chi connectivity index (χ0) is 17.6. The fourth-order valence-corrected chi connectivity index (χ4v) is 3.71. The van der Waals surface area contributed by atoms with Crippen molar-refractivity contribution >= 4 is 28.8 Å². The van der Waals surface area contributed by atoms with Crippen molar-refractivity contribution in [3.05, 3.63) is 52.5 Å². The van der Waals surface area contributed by atoms with Gasteiger partial charge in [-0.1, -0.05) is 6.07 Å². The second-order valence-corrected chi connectivity index (χ2v) is 6.77. The molecule has 1 aliphatic rings. The Hall–Kier alpha value is -2.25. The van der Waals surface area contributed by atoms with E-state index in [2.05, 4.69) is 20.9 Å². The van der Waals surface area contributed by atoms with Crippen LogP contribution in [0.25, 0.3) is 0 Å². The van der Waals surface area contributed by atoms with Crippen LogP contribution in [-0.4, -0.2) is 36.3 Å². The summed E-state index contributed by atoms with van der Waals surface area (Å²) < 4.78 is 13.1. The molecular weight excluding hydrogens is 341 g/mol. The molecule has 1 atom stereocenters. The molecular formula is C18H20FN3O2S. The average molecular weight is 361 g/mol. The van der Waals surface area contributed by atoms with E-state index in [1.165, 1.54) is 24.3 Å². The van der Waals surface area contributed by atoms with Crippen molar-refractivity contribution in [2.45, 2.75) is 18.9 Å². The number of carbonyl (C=O) groups is 2. The van der Waals surface area contributed by atoms with Crippen LogP contribution in [0.2, 0.25) is 0 Å². The first-order chi connectivity index (χ1) is 12.1. The number of rotatable bonds is 5. The van der Waals surface area contributed by atoms with Gasteiger partial charge < -0.3 is 10.6 Å². The Morgan fingerprint density at radius 1 is 1.20 bits per heavy atom. The molecule has 2 amide bonds. The lowest BCUT2D eigenvalue weighted by Crippen LogP contribution is -2.41. The Balaban J connectivity index is 1.58. The fourth-order valence-electron chi connectivity index (χ4n) is 3.00. The minimum atomic E-state index is -0.795. The molecule has 132 valence electrons. The Bertz CT molecular complexity index is 730. The highest BCUT2D eigenvalue weighted by molar-refractivity contribution is 7.08. The maximum atomic E-state index is 13.1. The molecule has 0 saturated carbocycles. The van der Waals surface area contributed by atoms with Crippen LogP contribution in [0.3, 0.4) is 0 Å². The Labute approximate surface area is 149 Å². The fraction of sp³-hybridized carbons (Fsp3) is 0.333. The molecule has 25 heavy (non-hydrogen) atoms. The number of nitrogens with zero attached hydrogens (tertiary/aromatic N) is 1. The monoisotopic (exact) mass is 361 g/mol. The molecule has 2 heterocycles. The molecule has 0 bridgehead atoms. The highest BCUT2D eigenvalue weighted by Gasteiger charge is 2.25. The van der Waals surface area contributed by atoms with Gasteiger partial charge in [-0.05, 0) is 66.5 Å². The Kier molecular flexibility index (Phi) is 5.78. The van der Waals surface area contributed by atoms with Crippen LogP contribution in [0.4, 0.5) is 10.1 Å². The number of thiophene rings is 1. The van der Waals surface area contributed by atoms with E-state index < -0.39 is 17.6 Å². The highest BCUT2D eigenvalue weighted by Crippen LogP contribution is 2.26. The van der Waals surface area contributed by atoms with Gasteiger partial charge in [0.1, 0.15) is 5.82 Å². The molecule has 1 aromatic heterocycles. The molecule has 0 radical (unpaired) electrons. The van der Waals surface area contributed by atoms with Gasteiger partial charge in [0.05, 0.1) is 6.04 Å². The first-order valence-electron chi connectivity index (χ1n) is 8.24. The Morgan fingerprint density at radius 2 is 2.00 bits per heavy atom. The summed E-state index contributed by atoms with van der Waals surface area (Å²) in [5.41, 5.74) is 1.41. The van der Waals surface area contributed by atoms with E-state index >= 15 is 0 Å². The van der Waals surface area contributed by atoms with Gasteiger partial charge in [0.15, 0.2) is 0 Å². The van der Waals surface area contributed by atoms with E-state index in [0.29, 0.717) is 6.54 Å². The Morgan fingerprint density at radius 3 is 2.68 bits per heavy atom. The molecule has 1 aliphatic heterocycles. The number of hydrogen-bond donors (Lipinski definition) is 2. The number of likely N-dealkylation sites (tertiary alicyclic amines) is 1. The van der Waals surface area contributed by atoms with Gasteiger partial charge >= 0.3 is 11.8 Å². The van der Waals surface area contributed by atoms with E-state index in [9.17, 15) is 14.0 Å². The summed E-state index contributed by atoms with van der Waals surface area (Å²) in [6.07, 6.45) is 2.29. The lowest BCUT2D eigenvalue weighted by atomic mass is 10.1. The first-order valence-corrected chi connectivity index (χ1v) is 9.18. The van der Waals surface area contributed by atoms with Crippen LogP contribution in [0.1, 0.15) is 24.4 Å². The summed E-state index contributed by atoms with van der Waals surface area (Å²) in [7, 11) is 0. The predicted octanol–water partition coefficient (Wildman–Crippen LogP) is 2.78. The lowest BCUT2D eigenvalue weighted by molar-refractivity contribution is -0.136. The van der Waals surface area contributed by atoms with Gasteiger partial charge in [0.25, 0.3) is 0 Å². The van der Waals surface area contributed by atoms with E-state index in [4.69, 9.17) is 0 Å². The molecule has 3 rings (SSSR count). The summed E-state index contributed by atoms with van der Waals surface area (Å²) in [6.45, 7) is 2.35. The number of anilines is 1. The number of carbonyl (C=O) groups excluding carboxylic acids is 2. The topological polar surface area (TPSA) is 61.4 Å². The SMILES string of the molecule is O=C(NC[C@H](c1ccsc1)N1CCCC1)C(=O)Nc1cccc(F)c1. The smallest absolute Gasteiger partial charge is 0.313 e. The predicted molar refractivity (Wildman–Crippen MR) is 95.9 cm³/mol. The molecule has 7 heteroatoms. The molecule has 0 unspecified atom stereocenters. The second kappa shape index (κ2) is 8.22. The summed E-state index contributed by atoms with van der Waals surface area (Å²) in [5, 5.41) is 9.19. The van der Waals surface area contributed by atoms with Crippen LogP contribution in [-0.2, 0) is 9.59 Å². The second-order valence-electron chi connectivity index (χ2n) is 5.99. The maximum absolute atomic E-state index is 13.1. The zero-order valence-corrected chi connectivity index (χ0v) is 14.5. The number of benzene rings is 1. The van der Waals surface area contributed by atoms with Crippen molar-refractivity contribution in [2.24, 2.45) is 0 Å². The quantitative estimate of drug-likeness (QED) is 0.805. The molecule has 2 N–H and O–H groups in total. The van der Waals surface area contributed by atoms with Gasteiger partial charge in [-0.15, -0.1) is 0 Å². The molecule has 0 aliphatic carbocycles. The third-order valence-electron chi connectivity index (χ3n) is 4.25. The minimum absolute atomic E-state index is 0.0691. The van der Waals surface area contributed by atoms with Crippen LogP contribution in [0, 0.1) is 5.82 Å². The zero-order valence-electron chi connectivity index (χ0n) is 13.7. The number of amides is 2. The third kappa shape index (κ3) is 4.64. The summed E-state index contributed by atoms with van der Waals surface area (Å²) in [4.78, 5) is 26.4. The summed E-state index contributed by atoms with van der Waals surface area (Å²) in [5.74, 6) is -1.98. The van der Waals surface area contributed by atoms with Crippen LogP contribution in [0.5, 0.6) is 0 Å². The normalized spacial score (nSPS) is 15.7. The minimum Gasteiger partial charge on any atom is -0.346 e. The number of hydrogen-bond acceptors (Lipinski definition) is 4.